The first kappa shape index (κ1) is 11.5. The predicted molar refractivity (Wildman–Crippen MR) is 70.5 cm³/mol. The van der Waals surface area contributed by atoms with E-state index in [-0.39, 0.29) is 5.91 Å². The highest BCUT2D eigenvalue weighted by molar-refractivity contribution is 5.94. The van der Waals surface area contributed by atoms with Gasteiger partial charge in [0.05, 0.1) is 5.56 Å². The minimum atomic E-state index is 0.138. The summed E-state index contributed by atoms with van der Waals surface area (Å²) in [5, 5.41) is 2.96. The molecule has 0 radical (unpaired) electrons. The number of carbonyl (C=O) groups excluding carboxylic acids is 1. The van der Waals surface area contributed by atoms with Gasteiger partial charge in [0.25, 0.3) is 5.91 Å². The Bertz CT molecular complexity index is 431. The number of rotatable bonds is 2. The normalized spacial score (nSPS) is 26.2. The highest BCUT2D eigenvalue weighted by atomic mass is 16.2. The zero-order chi connectivity index (χ0) is 12.5. The summed E-state index contributed by atoms with van der Waals surface area (Å²) >= 11 is 0. The summed E-state index contributed by atoms with van der Waals surface area (Å²) < 4.78 is 0. The number of nitrogens with one attached hydrogen (secondary N) is 1. The van der Waals surface area contributed by atoms with E-state index in [9.17, 15) is 4.79 Å². The Morgan fingerprint density at radius 3 is 2.61 bits per heavy atom. The number of nitrogens with zero attached hydrogens (tertiary/aromatic N) is 2. The van der Waals surface area contributed by atoms with Crippen molar-refractivity contribution in [3.63, 3.8) is 0 Å². The molecule has 2 unspecified atom stereocenters. The maximum absolute atomic E-state index is 12.3. The first-order valence-electron chi connectivity index (χ1n) is 6.71. The van der Waals surface area contributed by atoms with E-state index in [0.29, 0.717) is 5.56 Å². The molecule has 1 saturated heterocycles. The van der Waals surface area contributed by atoms with E-state index in [0.717, 1.165) is 30.7 Å². The summed E-state index contributed by atoms with van der Waals surface area (Å²) in [6, 6.07) is 3.71. The van der Waals surface area contributed by atoms with E-state index in [2.05, 4.69) is 10.3 Å². The standard InChI is InChI=1S/C14H19N3O/c1-15-13-6-5-10(7-16-13)14(18)17-8-11-3-2-4-12(11)9-17/h5-7,11-12H,2-4,8-9H2,1H3,(H,15,16). The Balaban J connectivity index is 1.70. The van der Waals surface area contributed by atoms with E-state index in [1.165, 1.54) is 19.3 Å². The fraction of sp³-hybridized carbons (Fsp3) is 0.571. The molecule has 1 aromatic heterocycles. The zero-order valence-electron chi connectivity index (χ0n) is 10.7. The second-order valence-electron chi connectivity index (χ2n) is 5.34. The number of carbonyl (C=O) groups is 1. The van der Waals surface area contributed by atoms with E-state index in [1.807, 2.05) is 24.1 Å². The molecule has 4 nitrogen and oxygen atoms in total. The van der Waals surface area contributed by atoms with Crippen LogP contribution in [0.5, 0.6) is 0 Å². The van der Waals surface area contributed by atoms with Crippen molar-refractivity contribution in [2.75, 3.05) is 25.5 Å². The molecule has 18 heavy (non-hydrogen) atoms. The molecule has 4 heteroatoms. The summed E-state index contributed by atoms with van der Waals surface area (Å²) in [5.74, 6) is 2.43. The number of likely N-dealkylation sites (tertiary alicyclic amines) is 1. The third kappa shape index (κ3) is 1.96. The first-order valence-corrected chi connectivity index (χ1v) is 6.71. The molecule has 3 rings (SSSR count). The second-order valence-corrected chi connectivity index (χ2v) is 5.34. The van der Waals surface area contributed by atoms with E-state index < -0.39 is 0 Å². The third-order valence-corrected chi connectivity index (χ3v) is 4.28. The van der Waals surface area contributed by atoms with Crippen LogP contribution in [0.15, 0.2) is 18.3 Å². The minimum Gasteiger partial charge on any atom is -0.373 e. The Kier molecular flexibility index (Phi) is 2.94. The summed E-state index contributed by atoms with van der Waals surface area (Å²) in [4.78, 5) is 18.6. The van der Waals surface area contributed by atoms with Gasteiger partial charge in [0.2, 0.25) is 0 Å². The molecule has 1 aliphatic heterocycles. The van der Waals surface area contributed by atoms with Crippen LogP contribution in [0, 0.1) is 11.8 Å². The molecule has 0 bridgehead atoms. The van der Waals surface area contributed by atoms with Gasteiger partial charge >= 0.3 is 0 Å². The number of pyridine rings is 1. The average Bonchev–Trinajstić information content (AvgIpc) is 2.99. The number of aromatic nitrogens is 1. The summed E-state index contributed by atoms with van der Waals surface area (Å²) in [7, 11) is 1.82. The molecule has 1 saturated carbocycles. The molecule has 2 heterocycles. The van der Waals surface area contributed by atoms with Gasteiger partial charge in [0, 0.05) is 26.3 Å². The molecule has 1 amide bonds. The van der Waals surface area contributed by atoms with Crippen molar-refractivity contribution in [2.45, 2.75) is 19.3 Å². The van der Waals surface area contributed by atoms with Gasteiger partial charge in [-0.2, -0.15) is 0 Å². The maximum Gasteiger partial charge on any atom is 0.255 e. The second kappa shape index (κ2) is 4.59. The first-order chi connectivity index (χ1) is 8.78. The predicted octanol–water partition coefficient (Wildman–Crippen LogP) is 2.00. The lowest BCUT2D eigenvalue weighted by atomic mass is 10.0. The van der Waals surface area contributed by atoms with Crippen LogP contribution in [-0.4, -0.2) is 35.9 Å². The number of hydrogen-bond acceptors (Lipinski definition) is 3. The van der Waals surface area contributed by atoms with Crippen molar-refractivity contribution in [1.82, 2.24) is 9.88 Å². The Morgan fingerprint density at radius 2 is 2.06 bits per heavy atom. The van der Waals surface area contributed by atoms with Crippen LogP contribution in [0.1, 0.15) is 29.6 Å². The van der Waals surface area contributed by atoms with Gasteiger partial charge in [-0.25, -0.2) is 4.98 Å². The van der Waals surface area contributed by atoms with Crippen molar-refractivity contribution in [1.29, 1.82) is 0 Å². The largest absolute Gasteiger partial charge is 0.373 e. The Labute approximate surface area is 107 Å². The monoisotopic (exact) mass is 245 g/mol. The lowest BCUT2D eigenvalue weighted by molar-refractivity contribution is 0.0780. The fourth-order valence-corrected chi connectivity index (χ4v) is 3.25. The molecular weight excluding hydrogens is 226 g/mol. The highest BCUT2D eigenvalue weighted by Crippen LogP contribution is 2.38. The van der Waals surface area contributed by atoms with Crippen LogP contribution in [-0.2, 0) is 0 Å². The van der Waals surface area contributed by atoms with Crippen molar-refractivity contribution < 1.29 is 4.79 Å². The lowest BCUT2D eigenvalue weighted by Crippen LogP contribution is -2.29. The zero-order valence-corrected chi connectivity index (χ0v) is 10.7. The number of fused-ring (bicyclic) bond motifs is 1. The Morgan fingerprint density at radius 1 is 1.33 bits per heavy atom. The molecule has 0 aromatic carbocycles. The number of amides is 1. The quantitative estimate of drug-likeness (QED) is 0.866. The van der Waals surface area contributed by atoms with Gasteiger partial charge < -0.3 is 10.2 Å². The van der Waals surface area contributed by atoms with Crippen molar-refractivity contribution in [2.24, 2.45) is 11.8 Å². The summed E-state index contributed by atoms with van der Waals surface area (Å²) in [6.45, 7) is 1.88. The molecule has 1 aromatic rings. The molecule has 1 N–H and O–H groups in total. The van der Waals surface area contributed by atoms with Crippen LogP contribution >= 0.6 is 0 Å². The fourth-order valence-electron chi connectivity index (χ4n) is 3.25. The van der Waals surface area contributed by atoms with E-state index in [1.54, 1.807) is 6.20 Å². The summed E-state index contributed by atoms with van der Waals surface area (Å²) in [5.41, 5.74) is 0.703. The molecule has 2 fully saturated rings. The van der Waals surface area contributed by atoms with Crippen LogP contribution in [0.3, 0.4) is 0 Å². The Hall–Kier alpha value is -1.58. The van der Waals surface area contributed by atoms with Gasteiger partial charge in [-0.15, -0.1) is 0 Å². The van der Waals surface area contributed by atoms with Crippen LogP contribution in [0.25, 0.3) is 0 Å². The van der Waals surface area contributed by atoms with Crippen molar-refractivity contribution >= 4 is 11.7 Å². The van der Waals surface area contributed by atoms with Gasteiger partial charge in [-0.1, -0.05) is 6.42 Å². The minimum absolute atomic E-state index is 0.138. The van der Waals surface area contributed by atoms with Gasteiger partial charge in [0.15, 0.2) is 0 Å². The molecule has 1 aliphatic carbocycles. The van der Waals surface area contributed by atoms with Crippen LogP contribution < -0.4 is 5.32 Å². The molecule has 2 aliphatic rings. The molecule has 2 atom stereocenters. The lowest BCUT2D eigenvalue weighted by Gasteiger charge is -2.17. The van der Waals surface area contributed by atoms with Gasteiger partial charge in [-0.3, -0.25) is 4.79 Å². The average molecular weight is 245 g/mol. The SMILES string of the molecule is CNc1ccc(C(=O)N2CC3CCCC3C2)cn1. The van der Waals surface area contributed by atoms with Crippen molar-refractivity contribution in [3.05, 3.63) is 23.9 Å². The number of anilines is 1. The molecule has 0 spiro atoms. The highest BCUT2D eigenvalue weighted by Gasteiger charge is 2.38. The summed E-state index contributed by atoms with van der Waals surface area (Å²) in [6.07, 6.45) is 5.61. The molecule has 96 valence electrons. The van der Waals surface area contributed by atoms with Crippen molar-refractivity contribution in [3.8, 4) is 0 Å². The van der Waals surface area contributed by atoms with Crippen LogP contribution in [0.2, 0.25) is 0 Å². The smallest absolute Gasteiger partial charge is 0.255 e. The molecular formula is C14H19N3O. The topological polar surface area (TPSA) is 45.2 Å². The van der Waals surface area contributed by atoms with E-state index in [4.69, 9.17) is 0 Å². The van der Waals surface area contributed by atoms with Crippen LogP contribution in [0.4, 0.5) is 5.82 Å². The van der Waals surface area contributed by atoms with Gasteiger partial charge in [0.1, 0.15) is 5.82 Å². The van der Waals surface area contributed by atoms with Gasteiger partial charge in [-0.05, 0) is 36.8 Å². The third-order valence-electron chi connectivity index (χ3n) is 4.28. The van der Waals surface area contributed by atoms with E-state index >= 15 is 0 Å². The number of hydrogen-bond donors (Lipinski definition) is 1. The maximum atomic E-state index is 12.3.